The van der Waals surface area contributed by atoms with Crippen LogP contribution in [-0.2, 0) is 10.1 Å². The van der Waals surface area contributed by atoms with Gasteiger partial charge in [0.15, 0.2) is 17.3 Å². The molecular weight excluding hydrogens is 504 g/mol. The molecule has 9 heteroatoms. The molecule has 0 aliphatic carbocycles. The molecule has 1 aromatic heterocycles. The van der Waals surface area contributed by atoms with Crippen LogP contribution in [0.5, 0.6) is 17.2 Å². The van der Waals surface area contributed by atoms with Gasteiger partial charge in [-0.1, -0.05) is 41.9 Å². The van der Waals surface area contributed by atoms with Gasteiger partial charge in [0.25, 0.3) is 0 Å². The smallest absolute Gasteiger partial charge is 0.339 e. The highest BCUT2D eigenvalue weighted by molar-refractivity contribution is 7.87. The van der Waals surface area contributed by atoms with Crippen LogP contribution < -0.4 is 19.1 Å². The Hall–Kier alpha value is -4.01. The maximum absolute atomic E-state index is 13.5. The minimum atomic E-state index is -4.41. The van der Waals surface area contributed by atoms with Gasteiger partial charge in [0.2, 0.25) is 11.2 Å². The minimum absolute atomic E-state index is 0.0791. The number of hydrogen-bond acceptors (Lipinski definition) is 7. The van der Waals surface area contributed by atoms with Crippen molar-refractivity contribution in [3.05, 3.63) is 94.1 Å². The van der Waals surface area contributed by atoms with Crippen LogP contribution in [0.25, 0.3) is 33.1 Å². The van der Waals surface area contributed by atoms with E-state index in [2.05, 4.69) is 0 Å². The summed E-state index contributed by atoms with van der Waals surface area (Å²) in [6.07, 6.45) is 0. The molecule has 4 aromatic carbocycles. The van der Waals surface area contributed by atoms with Crippen molar-refractivity contribution in [3.8, 4) is 28.6 Å². The van der Waals surface area contributed by atoms with Crippen molar-refractivity contribution in [2.75, 3.05) is 14.2 Å². The Morgan fingerprint density at radius 1 is 0.806 bits per heavy atom. The minimum Gasteiger partial charge on any atom is -0.493 e. The van der Waals surface area contributed by atoms with Crippen LogP contribution in [0, 0.1) is 0 Å². The van der Waals surface area contributed by atoms with Gasteiger partial charge in [-0.05, 0) is 59.3 Å². The highest BCUT2D eigenvalue weighted by atomic mass is 35.5. The Bertz CT molecular complexity index is 1790. The summed E-state index contributed by atoms with van der Waals surface area (Å²) >= 11 is 6.09. The molecule has 0 bridgehead atoms. The third-order valence-electron chi connectivity index (χ3n) is 5.66. The number of benzene rings is 4. The predicted octanol–water partition coefficient (Wildman–Crippen LogP) is 6.05. The van der Waals surface area contributed by atoms with E-state index in [9.17, 15) is 13.2 Å². The molecule has 0 amide bonds. The summed E-state index contributed by atoms with van der Waals surface area (Å²) in [5, 5.41) is 1.94. The van der Waals surface area contributed by atoms with Gasteiger partial charge in [-0.3, -0.25) is 4.79 Å². The van der Waals surface area contributed by atoms with E-state index in [0.717, 1.165) is 5.39 Å². The van der Waals surface area contributed by atoms with E-state index in [4.69, 9.17) is 29.7 Å². The highest BCUT2D eigenvalue weighted by Gasteiger charge is 2.26. The highest BCUT2D eigenvalue weighted by Crippen LogP contribution is 2.38. The first-order valence-electron chi connectivity index (χ1n) is 10.7. The standard InChI is InChI=1S/C27H19ClO7S/c1-32-23-11-8-18(14-24(23)33-2)26-27(25(29)21-15-19(28)9-12-22(21)34-26)35-36(30,31)20-10-7-16-5-3-4-6-17(16)13-20/h3-15H,1-2H3. The Labute approximate surface area is 211 Å². The molecular formula is C27H19ClO7S. The van der Waals surface area contributed by atoms with Crippen LogP contribution >= 0.6 is 11.6 Å². The summed E-state index contributed by atoms with van der Waals surface area (Å²) in [5.74, 6) is 0.227. The van der Waals surface area contributed by atoms with Gasteiger partial charge >= 0.3 is 10.1 Å². The van der Waals surface area contributed by atoms with Crippen LogP contribution in [0.3, 0.4) is 0 Å². The van der Waals surface area contributed by atoms with Crippen LogP contribution in [0.1, 0.15) is 0 Å². The largest absolute Gasteiger partial charge is 0.493 e. The normalized spacial score (nSPS) is 11.5. The van der Waals surface area contributed by atoms with Crippen molar-refractivity contribution >= 4 is 43.5 Å². The molecule has 0 aliphatic heterocycles. The maximum atomic E-state index is 13.5. The zero-order chi connectivity index (χ0) is 25.4. The number of methoxy groups -OCH3 is 2. The van der Waals surface area contributed by atoms with E-state index in [1.54, 1.807) is 42.5 Å². The van der Waals surface area contributed by atoms with Gasteiger partial charge in [-0.25, -0.2) is 0 Å². The molecule has 0 radical (unpaired) electrons. The molecule has 5 aromatic rings. The third-order valence-corrected chi connectivity index (χ3v) is 7.11. The maximum Gasteiger partial charge on any atom is 0.339 e. The summed E-state index contributed by atoms with van der Waals surface area (Å²) < 4.78 is 48.8. The lowest BCUT2D eigenvalue weighted by Gasteiger charge is -2.14. The van der Waals surface area contributed by atoms with Crippen LogP contribution in [0.2, 0.25) is 5.02 Å². The average molecular weight is 523 g/mol. The molecule has 0 aliphatic rings. The summed E-state index contributed by atoms with van der Waals surface area (Å²) in [7, 11) is -1.47. The summed E-state index contributed by atoms with van der Waals surface area (Å²) in [5.41, 5.74) is -0.122. The first-order chi connectivity index (χ1) is 17.3. The summed E-state index contributed by atoms with van der Waals surface area (Å²) in [4.78, 5) is 13.4. The lowest BCUT2D eigenvalue weighted by Crippen LogP contribution is -2.17. The molecule has 0 fully saturated rings. The predicted molar refractivity (Wildman–Crippen MR) is 138 cm³/mol. The molecule has 0 unspecified atom stereocenters. The second kappa shape index (κ2) is 9.22. The van der Waals surface area contributed by atoms with Crippen LogP contribution in [0.4, 0.5) is 0 Å². The van der Waals surface area contributed by atoms with E-state index < -0.39 is 21.3 Å². The number of halogens is 1. The molecule has 5 rings (SSSR count). The quantitative estimate of drug-likeness (QED) is 0.250. The summed E-state index contributed by atoms with van der Waals surface area (Å²) in [6, 6.07) is 21.2. The van der Waals surface area contributed by atoms with Gasteiger partial charge in [0.05, 0.1) is 19.6 Å². The van der Waals surface area contributed by atoms with Crippen molar-refractivity contribution in [1.82, 2.24) is 0 Å². The average Bonchev–Trinajstić information content (AvgIpc) is 2.89. The molecule has 0 spiro atoms. The second-order valence-corrected chi connectivity index (χ2v) is 9.83. The first kappa shape index (κ1) is 23.7. The number of ether oxygens (including phenoxy) is 2. The van der Waals surface area contributed by atoms with Crippen molar-refractivity contribution < 1.29 is 26.5 Å². The fourth-order valence-electron chi connectivity index (χ4n) is 3.87. The lowest BCUT2D eigenvalue weighted by atomic mass is 10.1. The van der Waals surface area contributed by atoms with E-state index >= 15 is 0 Å². The molecule has 1 heterocycles. The first-order valence-corrected chi connectivity index (χ1v) is 12.5. The zero-order valence-electron chi connectivity index (χ0n) is 19.1. The van der Waals surface area contributed by atoms with Crippen molar-refractivity contribution in [2.45, 2.75) is 4.90 Å². The number of rotatable bonds is 6. The Morgan fingerprint density at radius 3 is 2.31 bits per heavy atom. The van der Waals surface area contributed by atoms with Gasteiger partial charge in [0.1, 0.15) is 10.5 Å². The Balaban J connectivity index is 1.72. The Kier molecular flexibility index (Phi) is 6.07. The fourth-order valence-corrected chi connectivity index (χ4v) is 5.02. The SMILES string of the molecule is COc1ccc(-c2oc3ccc(Cl)cc3c(=O)c2OS(=O)(=O)c2ccc3ccccc3c2)cc1OC. The molecule has 36 heavy (non-hydrogen) atoms. The zero-order valence-corrected chi connectivity index (χ0v) is 20.7. The molecule has 0 saturated heterocycles. The molecule has 0 saturated carbocycles. The van der Waals surface area contributed by atoms with E-state index in [0.29, 0.717) is 22.4 Å². The van der Waals surface area contributed by atoms with E-state index in [1.807, 2.05) is 12.1 Å². The number of fused-ring (bicyclic) bond motifs is 2. The molecule has 0 N–H and O–H groups in total. The van der Waals surface area contributed by atoms with Crippen molar-refractivity contribution in [3.63, 3.8) is 0 Å². The lowest BCUT2D eigenvalue weighted by molar-refractivity contribution is 0.355. The topological polar surface area (TPSA) is 92.0 Å². The molecule has 0 atom stereocenters. The van der Waals surface area contributed by atoms with Gasteiger partial charge in [-0.15, -0.1) is 0 Å². The van der Waals surface area contributed by atoms with E-state index in [-0.39, 0.29) is 26.6 Å². The van der Waals surface area contributed by atoms with Gasteiger partial charge < -0.3 is 18.1 Å². The molecule has 7 nitrogen and oxygen atoms in total. The van der Waals surface area contributed by atoms with Crippen LogP contribution in [-0.4, -0.2) is 22.6 Å². The Morgan fingerprint density at radius 2 is 1.56 bits per heavy atom. The van der Waals surface area contributed by atoms with Crippen molar-refractivity contribution in [2.24, 2.45) is 0 Å². The van der Waals surface area contributed by atoms with Gasteiger partial charge in [0, 0.05) is 10.6 Å². The van der Waals surface area contributed by atoms with Crippen molar-refractivity contribution in [1.29, 1.82) is 0 Å². The van der Waals surface area contributed by atoms with Crippen LogP contribution in [0.15, 0.2) is 93.0 Å². The summed E-state index contributed by atoms with van der Waals surface area (Å²) in [6.45, 7) is 0. The van der Waals surface area contributed by atoms with E-state index in [1.165, 1.54) is 38.5 Å². The monoisotopic (exact) mass is 522 g/mol. The second-order valence-electron chi connectivity index (χ2n) is 7.85. The fraction of sp³-hybridized carbons (Fsp3) is 0.0741. The molecule has 182 valence electrons. The van der Waals surface area contributed by atoms with Gasteiger partial charge in [-0.2, -0.15) is 8.42 Å². The number of hydrogen-bond donors (Lipinski definition) is 0. The third kappa shape index (κ3) is 4.25.